The molecule has 0 bridgehead atoms. The second-order valence-electron chi connectivity index (χ2n) is 5.71. The van der Waals surface area contributed by atoms with Crippen LogP contribution in [0.4, 0.5) is 0 Å². The van der Waals surface area contributed by atoms with Gasteiger partial charge in [-0.3, -0.25) is 4.79 Å². The highest BCUT2D eigenvalue weighted by Crippen LogP contribution is 2.30. The van der Waals surface area contributed by atoms with Crippen LogP contribution in [0.15, 0.2) is 0 Å². The van der Waals surface area contributed by atoms with Gasteiger partial charge in [-0.05, 0) is 18.5 Å². The van der Waals surface area contributed by atoms with Crippen molar-refractivity contribution in [3.63, 3.8) is 0 Å². The predicted octanol–water partition coefficient (Wildman–Crippen LogP) is 2.42. The van der Waals surface area contributed by atoms with Crippen molar-refractivity contribution in [1.82, 2.24) is 0 Å². The van der Waals surface area contributed by atoms with Gasteiger partial charge in [0.25, 0.3) is 0 Å². The zero-order valence-corrected chi connectivity index (χ0v) is 12.0. The lowest BCUT2D eigenvalue weighted by molar-refractivity contribution is -0.138. The molecule has 1 aliphatic rings. The summed E-state index contributed by atoms with van der Waals surface area (Å²) in [5, 5.41) is 0. The Morgan fingerprint density at radius 3 is 2.50 bits per heavy atom. The summed E-state index contributed by atoms with van der Waals surface area (Å²) < 4.78 is 11.7. The van der Waals surface area contributed by atoms with Crippen LogP contribution in [0.25, 0.3) is 0 Å². The van der Waals surface area contributed by atoms with Crippen LogP contribution >= 0.6 is 0 Å². The van der Waals surface area contributed by atoms with E-state index in [1.54, 1.807) is 0 Å². The van der Waals surface area contributed by atoms with Gasteiger partial charge in [0, 0.05) is 12.8 Å². The van der Waals surface area contributed by atoms with Gasteiger partial charge < -0.3 is 9.16 Å². The Labute approximate surface area is 100 Å². The van der Waals surface area contributed by atoms with Crippen LogP contribution in [0.1, 0.15) is 33.6 Å². The summed E-state index contributed by atoms with van der Waals surface area (Å²) in [5.74, 6) is 0.301. The monoisotopic (exact) mass is 243 g/mol. The fourth-order valence-corrected chi connectivity index (χ4v) is 2.98. The minimum atomic E-state index is -0.773. The maximum absolute atomic E-state index is 11.5. The van der Waals surface area contributed by atoms with E-state index in [0.29, 0.717) is 25.2 Å². The maximum Gasteiger partial charge on any atom is 0.205 e. The maximum atomic E-state index is 11.5. The normalized spacial score (nSPS) is 24.9. The lowest BCUT2D eigenvalue weighted by atomic mass is 9.83. The lowest BCUT2D eigenvalue weighted by Crippen LogP contribution is -2.46. The summed E-state index contributed by atoms with van der Waals surface area (Å²) in [6, 6.07) is 0. The number of Topliss-reactive ketones (excluding diaryl/α,β-unsaturated/α-hetero) is 1. The first kappa shape index (κ1) is 13.9. The van der Waals surface area contributed by atoms with E-state index < -0.39 is 9.04 Å². The van der Waals surface area contributed by atoms with E-state index >= 15 is 0 Å². The Morgan fingerprint density at radius 2 is 2.06 bits per heavy atom. The molecule has 0 aromatic rings. The third-order valence-corrected chi connectivity index (χ3v) is 3.42. The molecule has 2 unspecified atom stereocenters. The molecule has 0 aromatic carbocycles. The predicted molar refractivity (Wildman–Crippen MR) is 65.8 cm³/mol. The summed E-state index contributed by atoms with van der Waals surface area (Å²) in [6.07, 6.45) is 1.04. The lowest BCUT2D eigenvalue weighted by Gasteiger charge is -2.39. The fourth-order valence-electron chi connectivity index (χ4n) is 1.97. The molecule has 0 aliphatic carbocycles. The van der Waals surface area contributed by atoms with E-state index in [9.17, 15) is 4.79 Å². The summed E-state index contributed by atoms with van der Waals surface area (Å²) >= 11 is 0. The number of ether oxygens (including phenoxy) is 1. The largest absolute Gasteiger partial charge is 0.411 e. The van der Waals surface area contributed by atoms with Crippen molar-refractivity contribution in [3.05, 3.63) is 0 Å². The number of ketones is 1. The molecule has 16 heavy (non-hydrogen) atoms. The van der Waals surface area contributed by atoms with Gasteiger partial charge in [0.05, 0.1) is 18.8 Å². The second kappa shape index (κ2) is 5.43. The van der Waals surface area contributed by atoms with Crippen LogP contribution in [-0.2, 0) is 14.0 Å². The number of rotatable bonds is 3. The molecule has 1 saturated heterocycles. The Bertz CT molecular complexity index is 245. The summed E-state index contributed by atoms with van der Waals surface area (Å²) in [6.45, 7) is 11.2. The molecular weight excluding hydrogens is 220 g/mol. The molecular formula is C12H23O3Si. The second-order valence-corrected chi connectivity index (χ2v) is 7.77. The third kappa shape index (κ3) is 4.00. The average Bonchev–Trinajstić information content (AvgIpc) is 2.12. The van der Waals surface area contributed by atoms with Crippen LogP contribution < -0.4 is 0 Å². The molecule has 3 nitrogen and oxygen atoms in total. The molecule has 0 saturated carbocycles. The van der Waals surface area contributed by atoms with E-state index in [1.807, 2.05) is 0 Å². The van der Waals surface area contributed by atoms with Crippen molar-refractivity contribution in [2.75, 3.05) is 6.61 Å². The molecule has 2 atom stereocenters. The van der Waals surface area contributed by atoms with Gasteiger partial charge in [-0.2, -0.15) is 0 Å². The number of hydrogen-bond donors (Lipinski definition) is 0. The van der Waals surface area contributed by atoms with E-state index in [0.717, 1.165) is 0 Å². The highest BCUT2D eigenvalue weighted by atomic mass is 28.3. The molecule has 93 valence electrons. The van der Waals surface area contributed by atoms with E-state index in [2.05, 4.69) is 33.9 Å². The molecule has 0 aromatic heterocycles. The minimum Gasteiger partial charge on any atom is -0.411 e. The smallest absolute Gasteiger partial charge is 0.205 e. The van der Waals surface area contributed by atoms with Gasteiger partial charge >= 0.3 is 0 Å². The Balaban J connectivity index is 2.71. The van der Waals surface area contributed by atoms with Crippen molar-refractivity contribution >= 4 is 14.8 Å². The highest BCUT2D eigenvalue weighted by molar-refractivity contribution is 6.48. The summed E-state index contributed by atoms with van der Waals surface area (Å²) in [4.78, 5) is 11.5. The number of carbonyl (C=O) groups excluding carboxylic acids is 1. The van der Waals surface area contributed by atoms with Crippen molar-refractivity contribution in [2.45, 2.75) is 58.9 Å². The van der Waals surface area contributed by atoms with Gasteiger partial charge in [0.1, 0.15) is 5.78 Å². The summed E-state index contributed by atoms with van der Waals surface area (Å²) in [5.41, 5.74) is 0.0181. The van der Waals surface area contributed by atoms with Crippen LogP contribution in [0.3, 0.4) is 0 Å². The average molecular weight is 243 g/mol. The van der Waals surface area contributed by atoms with Gasteiger partial charge in [-0.25, -0.2) is 0 Å². The first-order valence-electron chi connectivity index (χ1n) is 5.91. The van der Waals surface area contributed by atoms with Crippen molar-refractivity contribution in [3.8, 4) is 0 Å². The molecule has 1 heterocycles. The van der Waals surface area contributed by atoms with Crippen LogP contribution in [-0.4, -0.2) is 33.6 Å². The Hall–Kier alpha value is -0.193. The van der Waals surface area contributed by atoms with Gasteiger partial charge in [-0.1, -0.05) is 20.8 Å². The van der Waals surface area contributed by atoms with Crippen LogP contribution in [0, 0.1) is 5.41 Å². The SMILES string of the molecule is C[Si](C)OC(C1CC(=O)CCO1)C(C)(C)C. The van der Waals surface area contributed by atoms with Gasteiger partial charge in [-0.15, -0.1) is 0 Å². The Morgan fingerprint density at radius 1 is 1.44 bits per heavy atom. The first-order chi connectivity index (χ1) is 7.30. The molecule has 0 spiro atoms. The molecule has 1 radical (unpaired) electrons. The molecule has 1 fully saturated rings. The topological polar surface area (TPSA) is 35.5 Å². The number of carbonyl (C=O) groups is 1. The third-order valence-electron chi connectivity index (χ3n) is 2.70. The minimum absolute atomic E-state index is 0.0181. The van der Waals surface area contributed by atoms with Crippen molar-refractivity contribution in [2.24, 2.45) is 5.41 Å². The van der Waals surface area contributed by atoms with E-state index in [4.69, 9.17) is 9.16 Å². The van der Waals surface area contributed by atoms with Crippen molar-refractivity contribution < 1.29 is 14.0 Å². The molecule has 4 heteroatoms. The van der Waals surface area contributed by atoms with E-state index in [-0.39, 0.29) is 17.6 Å². The summed E-state index contributed by atoms with van der Waals surface area (Å²) in [7, 11) is -0.773. The van der Waals surface area contributed by atoms with Crippen LogP contribution in [0.2, 0.25) is 13.1 Å². The quantitative estimate of drug-likeness (QED) is 0.714. The van der Waals surface area contributed by atoms with Crippen LogP contribution in [0.5, 0.6) is 0 Å². The standard InChI is InChI=1S/C12H23O3Si/c1-12(2,3)11(15-16(4)5)10-8-9(13)6-7-14-10/h10-11H,6-8H2,1-5H3. The highest BCUT2D eigenvalue weighted by Gasteiger charge is 2.37. The van der Waals surface area contributed by atoms with Gasteiger partial charge in [0.15, 0.2) is 0 Å². The van der Waals surface area contributed by atoms with Gasteiger partial charge in [0.2, 0.25) is 9.04 Å². The molecule has 1 aliphatic heterocycles. The zero-order valence-electron chi connectivity index (χ0n) is 11.0. The Kier molecular flexibility index (Phi) is 4.70. The molecule has 0 N–H and O–H groups in total. The number of hydrogen-bond acceptors (Lipinski definition) is 3. The molecule has 0 amide bonds. The van der Waals surface area contributed by atoms with E-state index in [1.165, 1.54) is 0 Å². The first-order valence-corrected chi connectivity index (χ1v) is 8.31. The van der Waals surface area contributed by atoms with Crippen molar-refractivity contribution in [1.29, 1.82) is 0 Å². The molecule has 1 rings (SSSR count). The fraction of sp³-hybridized carbons (Fsp3) is 0.917. The zero-order chi connectivity index (χ0) is 12.3.